The van der Waals surface area contributed by atoms with Crippen molar-refractivity contribution >= 4 is 22.6 Å². The highest BCUT2D eigenvalue weighted by Gasteiger charge is 2.81. The van der Waals surface area contributed by atoms with Crippen LogP contribution in [0.5, 0.6) is 0 Å². The van der Waals surface area contributed by atoms with Crippen molar-refractivity contribution in [3.05, 3.63) is 77.0 Å². The van der Waals surface area contributed by atoms with Gasteiger partial charge in [-0.1, -0.05) is 55.0 Å². The van der Waals surface area contributed by atoms with Crippen molar-refractivity contribution in [2.45, 2.75) is 94.0 Å². The van der Waals surface area contributed by atoms with Gasteiger partial charge in [0.25, 0.3) is 0 Å². The topological polar surface area (TPSA) is 70.3 Å². The highest BCUT2D eigenvalue weighted by atomic mass is 16.7. The number of aromatic nitrogens is 1. The Morgan fingerprint density at radius 3 is 2.73 bits per heavy atom. The lowest BCUT2D eigenvalue weighted by Gasteiger charge is -2.74. The molecule has 11 unspecified atom stereocenters. The Morgan fingerprint density at radius 2 is 1.90 bits per heavy atom. The van der Waals surface area contributed by atoms with Crippen LogP contribution in [0, 0.1) is 23.2 Å². The fraction of sp³-hybridized carbons (Fsp3) is 0.585. The molecule has 11 atom stereocenters. The smallest absolute Gasteiger partial charge is 0.329 e. The maximum absolute atomic E-state index is 14.2. The van der Waals surface area contributed by atoms with Gasteiger partial charge in [0.15, 0.2) is 11.5 Å². The quantitative estimate of drug-likeness (QED) is 0.257. The number of nitrogens with zero attached hydrogens (tertiary/aromatic N) is 3. The van der Waals surface area contributed by atoms with Crippen molar-refractivity contribution in [2.75, 3.05) is 38.8 Å². The Kier molecular flexibility index (Phi) is 5.66. The van der Waals surface area contributed by atoms with Crippen molar-refractivity contribution in [1.82, 2.24) is 14.8 Å². The van der Waals surface area contributed by atoms with Crippen LogP contribution in [0.2, 0.25) is 0 Å². The van der Waals surface area contributed by atoms with Crippen molar-refractivity contribution in [1.29, 1.82) is 0 Å². The predicted molar refractivity (Wildman–Crippen MR) is 187 cm³/mol. The molecule has 256 valence electrons. The standard InChI is InChI=1S/C41H48N4O4/c1-6-23-21-44-16-15-40-19-29-25-17-33-35-26(24-11-7-9-13-30(24)42-35)18-32(43(33)4)27(25)22-48-39(29,3)49-41(40)34(44)20-38(23,2)36(37(46)47-5)45(41)31-14-10-8-12-28(31)40/h6-14,25,27,29,32-34,36,42H,15-22H2,1-5H3. The van der Waals surface area contributed by atoms with Crippen LogP contribution < -0.4 is 4.90 Å². The number of para-hydroxylation sites is 2. The molecule has 4 bridgehead atoms. The van der Waals surface area contributed by atoms with Crippen LogP contribution in [-0.2, 0) is 30.8 Å². The van der Waals surface area contributed by atoms with E-state index in [0.717, 1.165) is 50.9 Å². The molecule has 0 radical (unpaired) electrons. The van der Waals surface area contributed by atoms with Gasteiger partial charge in [-0.15, -0.1) is 0 Å². The number of carbonyl (C=O) groups is 1. The number of piperidine rings is 4. The zero-order chi connectivity index (χ0) is 33.2. The minimum Gasteiger partial charge on any atom is -0.467 e. The number of methoxy groups -OCH3 is 1. The van der Waals surface area contributed by atoms with Crippen LogP contribution in [0.15, 0.2) is 60.2 Å². The summed E-state index contributed by atoms with van der Waals surface area (Å²) in [6.07, 6.45) is 7.28. The van der Waals surface area contributed by atoms with Gasteiger partial charge in [-0.05, 0) is 82.2 Å². The van der Waals surface area contributed by atoms with E-state index in [0.29, 0.717) is 30.5 Å². The summed E-state index contributed by atoms with van der Waals surface area (Å²) >= 11 is 0. The average molecular weight is 661 g/mol. The summed E-state index contributed by atoms with van der Waals surface area (Å²) in [4.78, 5) is 25.9. The van der Waals surface area contributed by atoms with Crippen LogP contribution in [0.3, 0.4) is 0 Å². The van der Waals surface area contributed by atoms with Gasteiger partial charge in [0, 0.05) is 64.1 Å². The van der Waals surface area contributed by atoms with E-state index in [1.807, 2.05) is 0 Å². The number of esters is 1. The lowest BCUT2D eigenvalue weighted by molar-refractivity contribution is -0.402. The Bertz CT molecular complexity index is 1970. The Morgan fingerprint density at radius 1 is 1.08 bits per heavy atom. The minimum atomic E-state index is -0.767. The largest absolute Gasteiger partial charge is 0.467 e. The second-order valence-electron chi connectivity index (χ2n) is 17.1. The first kappa shape index (κ1) is 29.5. The monoisotopic (exact) mass is 660 g/mol. The lowest BCUT2D eigenvalue weighted by Crippen LogP contribution is -2.86. The molecular weight excluding hydrogens is 612 g/mol. The number of nitrogens with one attached hydrogen (secondary N) is 1. The van der Waals surface area contributed by atoms with Gasteiger partial charge in [-0.2, -0.15) is 0 Å². The van der Waals surface area contributed by atoms with Crippen LogP contribution in [0.4, 0.5) is 5.69 Å². The van der Waals surface area contributed by atoms with Gasteiger partial charge in [-0.25, -0.2) is 4.79 Å². The van der Waals surface area contributed by atoms with Crippen LogP contribution in [0.25, 0.3) is 10.9 Å². The number of ether oxygens (including phenoxy) is 3. The summed E-state index contributed by atoms with van der Waals surface area (Å²) in [6, 6.07) is 18.2. The second-order valence-corrected chi connectivity index (χ2v) is 17.1. The third kappa shape index (κ3) is 3.22. The van der Waals surface area contributed by atoms with E-state index in [1.165, 1.54) is 33.3 Å². The third-order valence-corrected chi connectivity index (χ3v) is 15.6. The maximum atomic E-state index is 14.2. The minimum absolute atomic E-state index is 0.133. The number of benzene rings is 2. The molecule has 2 aromatic carbocycles. The lowest BCUT2D eigenvalue weighted by atomic mass is 9.50. The normalized spacial score (nSPS) is 45.3. The molecule has 0 saturated carbocycles. The van der Waals surface area contributed by atoms with Crippen molar-refractivity contribution in [3.63, 3.8) is 0 Å². The van der Waals surface area contributed by atoms with Gasteiger partial charge in [0.2, 0.25) is 0 Å². The predicted octanol–water partition coefficient (Wildman–Crippen LogP) is 5.92. The van der Waals surface area contributed by atoms with E-state index in [1.54, 1.807) is 7.11 Å². The molecule has 0 aliphatic carbocycles. The van der Waals surface area contributed by atoms with E-state index in [2.05, 4.69) is 102 Å². The zero-order valence-corrected chi connectivity index (χ0v) is 29.4. The summed E-state index contributed by atoms with van der Waals surface area (Å²) in [6.45, 7) is 9.28. The first-order valence-corrected chi connectivity index (χ1v) is 18.7. The number of hydrogen-bond donors (Lipinski definition) is 1. The number of carbonyl (C=O) groups excluding carboxylic acids is 1. The van der Waals surface area contributed by atoms with Gasteiger partial charge < -0.3 is 24.1 Å². The summed E-state index contributed by atoms with van der Waals surface area (Å²) in [7, 11) is 3.89. The summed E-state index contributed by atoms with van der Waals surface area (Å²) < 4.78 is 20.8. The molecule has 9 heterocycles. The molecule has 8 aliphatic heterocycles. The number of fused-ring (bicyclic) bond motifs is 13. The molecular formula is C41H48N4O4. The zero-order valence-electron chi connectivity index (χ0n) is 29.4. The molecule has 1 aromatic heterocycles. The molecule has 1 N–H and O–H groups in total. The van der Waals surface area contributed by atoms with Crippen LogP contribution >= 0.6 is 0 Å². The number of anilines is 1. The molecule has 6 saturated heterocycles. The Hall–Kier alpha value is -3.17. The van der Waals surface area contributed by atoms with Crippen molar-refractivity contribution in [2.24, 2.45) is 23.2 Å². The van der Waals surface area contributed by atoms with E-state index >= 15 is 0 Å². The number of likely N-dealkylation sites (N-methyl/N-ethyl adjacent to an activating group) is 1. The second kappa shape index (κ2) is 9.38. The fourth-order valence-electron chi connectivity index (χ4n) is 13.5. The van der Waals surface area contributed by atoms with Crippen LogP contribution in [-0.4, -0.2) is 84.2 Å². The molecule has 6 fully saturated rings. The maximum Gasteiger partial charge on any atom is 0.329 e. The van der Waals surface area contributed by atoms with Crippen molar-refractivity contribution < 1.29 is 19.0 Å². The van der Waals surface area contributed by atoms with E-state index in [9.17, 15) is 4.79 Å². The average Bonchev–Trinajstić information content (AvgIpc) is 3.58. The first-order valence-electron chi connectivity index (χ1n) is 18.7. The Labute approximate surface area is 288 Å². The fourth-order valence-corrected chi connectivity index (χ4v) is 13.5. The highest BCUT2D eigenvalue weighted by molar-refractivity contribution is 5.87. The molecule has 8 heteroatoms. The molecule has 0 amide bonds. The molecule has 49 heavy (non-hydrogen) atoms. The van der Waals surface area contributed by atoms with Crippen molar-refractivity contribution in [3.8, 4) is 0 Å². The Balaban J connectivity index is 1.08. The molecule has 8 nitrogen and oxygen atoms in total. The molecule has 11 rings (SSSR count). The number of hydrogen-bond acceptors (Lipinski definition) is 7. The summed E-state index contributed by atoms with van der Waals surface area (Å²) in [5.41, 5.74) is 6.67. The van der Waals surface area contributed by atoms with Crippen LogP contribution in [0.1, 0.15) is 69.3 Å². The molecule has 1 spiro atoms. The number of rotatable bonds is 1. The van der Waals surface area contributed by atoms with Gasteiger partial charge in [0.05, 0.1) is 25.8 Å². The van der Waals surface area contributed by atoms with Gasteiger partial charge >= 0.3 is 5.97 Å². The first-order chi connectivity index (χ1) is 23.7. The van der Waals surface area contributed by atoms with Gasteiger partial charge in [0.1, 0.15) is 6.04 Å². The highest BCUT2D eigenvalue weighted by Crippen LogP contribution is 2.73. The SMILES string of the molecule is CC=C1CN2CCC34CC5C6CC7c8[nH]c9ccccc9c8CC(C6COC5(C)OC35C2CC1(C)C(C(=O)OC)N5c1ccccc14)N7C. The molecule has 8 aliphatic rings. The third-order valence-electron chi connectivity index (χ3n) is 15.6. The van der Waals surface area contributed by atoms with E-state index in [-0.39, 0.29) is 28.8 Å². The summed E-state index contributed by atoms with van der Waals surface area (Å²) in [5.74, 6) is 0.211. The summed E-state index contributed by atoms with van der Waals surface area (Å²) in [5, 5.41) is 1.38. The number of H-pyrrole nitrogens is 1. The van der Waals surface area contributed by atoms with E-state index < -0.39 is 17.6 Å². The molecule has 3 aromatic rings. The number of allylic oxidation sites excluding steroid dienone is 1. The van der Waals surface area contributed by atoms with E-state index in [4.69, 9.17) is 14.2 Å². The number of aromatic amines is 1. The van der Waals surface area contributed by atoms with Gasteiger partial charge in [-0.3, -0.25) is 9.80 Å².